The van der Waals surface area contributed by atoms with Gasteiger partial charge in [0, 0.05) is 23.4 Å². The molecule has 1 amide bonds. The molecular formula is C17H20N2O4S. The summed E-state index contributed by atoms with van der Waals surface area (Å²) >= 11 is 1.39. The van der Waals surface area contributed by atoms with Gasteiger partial charge in [0.05, 0.1) is 6.61 Å². The zero-order valence-electron chi connectivity index (χ0n) is 13.6. The molecule has 128 valence electrons. The summed E-state index contributed by atoms with van der Waals surface area (Å²) in [7, 11) is 0. The number of carboxylic acid groups (broad SMARTS) is 1. The van der Waals surface area contributed by atoms with Gasteiger partial charge >= 0.3 is 5.97 Å². The summed E-state index contributed by atoms with van der Waals surface area (Å²) in [4.78, 5) is 27.1. The Morgan fingerprint density at radius 1 is 1.33 bits per heavy atom. The molecule has 0 aliphatic heterocycles. The number of nitrogens with zero attached hydrogens (tertiary/aromatic N) is 1. The van der Waals surface area contributed by atoms with Crippen molar-refractivity contribution in [1.82, 2.24) is 10.3 Å². The monoisotopic (exact) mass is 348 g/mol. The average Bonchev–Trinajstić information content (AvgIpc) is 3.04. The molecule has 2 N–H and O–H groups in total. The summed E-state index contributed by atoms with van der Waals surface area (Å²) in [5, 5.41) is 13.9. The van der Waals surface area contributed by atoms with Gasteiger partial charge in [0.1, 0.15) is 16.5 Å². The third-order valence-electron chi connectivity index (χ3n) is 3.32. The second kappa shape index (κ2) is 8.44. The maximum Gasteiger partial charge on any atom is 0.303 e. The van der Waals surface area contributed by atoms with E-state index in [-0.39, 0.29) is 18.4 Å². The van der Waals surface area contributed by atoms with Gasteiger partial charge in [0.15, 0.2) is 0 Å². The number of carbonyl (C=O) groups excluding carboxylic acids is 1. The predicted molar refractivity (Wildman–Crippen MR) is 92.5 cm³/mol. The average molecular weight is 348 g/mol. The number of aromatic nitrogens is 1. The van der Waals surface area contributed by atoms with E-state index in [2.05, 4.69) is 10.3 Å². The van der Waals surface area contributed by atoms with Crippen LogP contribution in [0.15, 0.2) is 29.6 Å². The highest BCUT2D eigenvalue weighted by Gasteiger charge is 2.15. The van der Waals surface area contributed by atoms with Crippen LogP contribution in [0.2, 0.25) is 0 Å². The van der Waals surface area contributed by atoms with E-state index in [0.717, 1.165) is 16.3 Å². The summed E-state index contributed by atoms with van der Waals surface area (Å²) in [6, 6.07) is 7.33. The third kappa shape index (κ3) is 5.06. The van der Waals surface area contributed by atoms with Crippen molar-refractivity contribution in [3.8, 4) is 16.3 Å². The summed E-state index contributed by atoms with van der Waals surface area (Å²) in [6.07, 6.45) is 0.410. The second-order valence-corrected chi connectivity index (χ2v) is 6.16. The first-order chi connectivity index (χ1) is 11.5. The molecule has 2 aromatic rings. The first-order valence-electron chi connectivity index (χ1n) is 7.71. The zero-order chi connectivity index (χ0) is 17.5. The number of amides is 1. The molecular weight excluding hydrogens is 328 g/mol. The molecule has 0 aliphatic rings. The zero-order valence-corrected chi connectivity index (χ0v) is 14.4. The second-order valence-electron chi connectivity index (χ2n) is 5.30. The Hall–Kier alpha value is -2.41. The van der Waals surface area contributed by atoms with E-state index in [1.165, 1.54) is 11.3 Å². The van der Waals surface area contributed by atoms with Crippen molar-refractivity contribution in [1.29, 1.82) is 0 Å². The lowest BCUT2D eigenvalue weighted by Crippen LogP contribution is -2.33. The van der Waals surface area contributed by atoms with Gasteiger partial charge in [-0.1, -0.05) is 0 Å². The van der Waals surface area contributed by atoms with Gasteiger partial charge in [-0.15, -0.1) is 11.3 Å². The smallest absolute Gasteiger partial charge is 0.303 e. The van der Waals surface area contributed by atoms with E-state index in [0.29, 0.717) is 18.7 Å². The van der Waals surface area contributed by atoms with Crippen molar-refractivity contribution in [2.75, 3.05) is 6.61 Å². The molecule has 6 nitrogen and oxygen atoms in total. The number of benzene rings is 1. The fourth-order valence-corrected chi connectivity index (χ4v) is 2.89. The number of hydrogen-bond donors (Lipinski definition) is 2. The van der Waals surface area contributed by atoms with Crippen molar-refractivity contribution in [3.63, 3.8) is 0 Å². The van der Waals surface area contributed by atoms with Crippen LogP contribution in [0, 0.1) is 0 Å². The molecule has 0 radical (unpaired) electrons. The normalized spacial score (nSPS) is 11.8. The fraction of sp³-hybridized carbons (Fsp3) is 0.353. The van der Waals surface area contributed by atoms with Gasteiger partial charge in [0.2, 0.25) is 0 Å². The Labute approximate surface area is 144 Å². The molecule has 1 aromatic heterocycles. The molecule has 7 heteroatoms. The highest BCUT2D eigenvalue weighted by Crippen LogP contribution is 2.25. The van der Waals surface area contributed by atoms with Crippen LogP contribution in [0.4, 0.5) is 0 Å². The first-order valence-corrected chi connectivity index (χ1v) is 8.59. The van der Waals surface area contributed by atoms with Crippen LogP contribution in [0.1, 0.15) is 37.2 Å². The largest absolute Gasteiger partial charge is 0.494 e. The van der Waals surface area contributed by atoms with E-state index < -0.39 is 5.97 Å². The van der Waals surface area contributed by atoms with Crippen LogP contribution in [-0.4, -0.2) is 34.6 Å². The molecule has 0 aliphatic carbocycles. The SMILES string of the molecule is CCOc1ccc(-c2nc(C(=O)NC(C)CCC(=O)O)cs2)cc1. The highest BCUT2D eigenvalue weighted by atomic mass is 32.1. The molecule has 2 rings (SSSR count). The van der Waals surface area contributed by atoms with E-state index in [9.17, 15) is 9.59 Å². The number of hydrogen-bond acceptors (Lipinski definition) is 5. The lowest BCUT2D eigenvalue weighted by atomic mass is 10.2. The predicted octanol–water partition coefficient (Wildman–Crippen LogP) is 3.19. The molecule has 0 spiro atoms. The Morgan fingerprint density at radius 3 is 2.67 bits per heavy atom. The molecule has 0 bridgehead atoms. The van der Waals surface area contributed by atoms with Crippen molar-refractivity contribution in [3.05, 3.63) is 35.3 Å². The van der Waals surface area contributed by atoms with Gasteiger partial charge in [-0.05, 0) is 44.5 Å². The number of aliphatic carboxylic acids is 1. The van der Waals surface area contributed by atoms with Gasteiger partial charge in [-0.3, -0.25) is 9.59 Å². The van der Waals surface area contributed by atoms with Crippen LogP contribution in [-0.2, 0) is 4.79 Å². The van der Waals surface area contributed by atoms with E-state index >= 15 is 0 Å². The quantitative estimate of drug-likeness (QED) is 0.765. The molecule has 1 unspecified atom stereocenters. The van der Waals surface area contributed by atoms with Crippen LogP contribution in [0.3, 0.4) is 0 Å². The minimum atomic E-state index is -0.873. The van der Waals surface area contributed by atoms with E-state index in [1.54, 1.807) is 12.3 Å². The molecule has 0 saturated carbocycles. The number of carboxylic acids is 1. The molecule has 0 fully saturated rings. The lowest BCUT2D eigenvalue weighted by molar-refractivity contribution is -0.137. The Bertz CT molecular complexity index is 697. The maximum atomic E-state index is 12.1. The maximum absolute atomic E-state index is 12.1. The number of rotatable bonds is 8. The Morgan fingerprint density at radius 2 is 2.04 bits per heavy atom. The third-order valence-corrected chi connectivity index (χ3v) is 4.21. The number of carbonyl (C=O) groups is 2. The summed E-state index contributed by atoms with van der Waals surface area (Å²) in [5.41, 5.74) is 1.26. The molecule has 0 saturated heterocycles. The summed E-state index contributed by atoms with van der Waals surface area (Å²) < 4.78 is 5.40. The van der Waals surface area contributed by atoms with Crippen molar-refractivity contribution < 1.29 is 19.4 Å². The summed E-state index contributed by atoms with van der Waals surface area (Å²) in [5.74, 6) is -0.369. The van der Waals surface area contributed by atoms with Crippen LogP contribution in [0.25, 0.3) is 10.6 Å². The number of thiazole rings is 1. The molecule has 1 heterocycles. The minimum absolute atomic E-state index is 0.0238. The van der Waals surface area contributed by atoms with Gasteiger partial charge < -0.3 is 15.2 Å². The number of nitrogens with one attached hydrogen (secondary N) is 1. The van der Waals surface area contributed by atoms with Crippen molar-refractivity contribution in [2.45, 2.75) is 32.7 Å². The molecule has 1 atom stereocenters. The molecule has 24 heavy (non-hydrogen) atoms. The molecule has 1 aromatic carbocycles. The van der Waals surface area contributed by atoms with E-state index in [4.69, 9.17) is 9.84 Å². The van der Waals surface area contributed by atoms with Crippen LogP contribution in [0.5, 0.6) is 5.75 Å². The highest BCUT2D eigenvalue weighted by molar-refractivity contribution is 7.13. The van der Waals surface area contributed by atoms with Crippen molar-refractivity contribution >= 4 is 23.2 Å². The number of ether oxygens (including phenoxy) is 1. The van der Waals surface area contributed by atoms with Gasteiger partial charge in [-0.2, -0.15) is 0 Å². The fourth-order valence-electron chi connectivity index (χ4n) is 2.08. The summed E-state index contributed by atoms with van der Waals surface area (Å²) in [6.45, 7) is 4.32. The van der Waals surface area contributed by atoms with Gasteiger partial charge in [-0.25, -0.2) is 4.98 Å². The topological polar surface area (TPSA) is 88.5 Å². The van der Waals surface area contributed by atoms with E-state index in [1.807, 2.05) is 31.2 Å². The standard InChI is InChI=1S/C17H20N2O4S/c1-3-23-13-7-5-12(6-8-13)17-19-14(10-24-17)16(22)18-11(2)4-9-15(20)21/h5-8,10-11H,3-4,9H2,1-2H3,(H,18,22)(H,20,21). The lowest BCUT2D eigenvalue weighted by Gasteiger charge is -2.11. The Balaban J connectivity index is 1.99. The first kappa shape index (κ1) is 17.9. The Kier molecular flexibility index (Phi) is 6.31. The van der Waals surface area contributed by atoms with Gasteiger partial charge in [0.25, 0.3) is 5.91 Å². The van der Waals surface area contributed by atoms with Crippen molar-refractivity contribution in [2.24, 2.45) is 0 Å². The van der Waals surface area contributed by atoms with Crippen LogP contribution < -0.4 is 10.1 Å². The van der Waals surface area contributed by atoms with Crippen LogP contribution >= 0.6 is 11.3 Å². The minimum Gasteiger partial charge on any atom is -0.494 e.